The number of methoxy groups -OCH3 is 1. The van der Waals surface area contributed by atoms with Crippen LogP contribution in [0, 0.1) is 5.41 Å². The van der Waals surface area contributed by atoms with Crippen LogP contribution in [-0.4, -0.2) is 32.5 Å². The summed E-state index contributed by atoms with van der Waals surface area (Å²) in [4.78, 5) is 11.0. The van der Waals surface area contributed by atoms with Crippen LogP contribution in [0.2, 0.25) is 0 Å². The van der Waals surface area contributed by atoms with Gasteiger partial charge in [-0.15, -0.1) is 0 Å². The molecule has 0 saturated carbocycles. The average Bonchev–Trinajstić information content (AvgIpc) is 2.18. The first-order valence-electron chi connectivity index (χ1n) is 5.01. The molecule has 1 amide bonds. The number of hydrogen-bond donors (Lipinski definition) is 1. The molecule has 1 aliphatic rings. The lowest BCUT2D eigenvalue weighted by Crippen LogP contribution is -2.47. The van der Waals surface area contributed by atoms with E-state index in [1.807, 2.05) is 6.92 Å². The van der Waals surface area contributed by atoms with E-state index in [4.69, 9.17) is 4.74 Å². The smallest absolute Gasteiger partial charge is 0.407 e. The third kappa shape index (κ3) is 2.61. The highest BCUT2D eigenvalue weighted by molar-refractivity contribution is 5.67. The molecule has 0 radical (unpaired) electrons. The number of nitrogens with one attached hydrogen (secondary N) is 1. The number of rotatable bonds is 2. The van der Waals surface area contributed by atoms with Crippen LogP contribution >= 0.6 is 0 Å². The first-order chi connectivity index (χ1) is 6.58. The van der Waals surface area contributed by atoms with E-state index in [1.165, 1.54) is 7.11 Å². The highest BCUT2D eigenvalue weighted by Crippen LogP contribution is 2.33. The van der Waals surface area contributed by atoms with Crippen molar-refractivity contribution >= 4 is 6.09 Å². The zero-order valence-corrected chi connectivity index (χ0v) is 9.13. The third-order valence-corrected chi connectivity index (χ3v) is 3.20. The first kappa shape index (κ1) is 11.3. The minimum absolute atomic E-state index is 0.124. The van der Waals surface area contributed by atoms with Crippen molar-refractivity contribution in [3.05, 3.63) is 0 Å². The van der Waals surface area contributed by atoms with Gasteiger partial charge in [-0.2, -0.15) is 0 Å². The first-order valence-corrected chi connectivity index (χ1v) is 5.01. The van der Waals surface area contributed by atoms with Crippen molar-refractivity contribution in [1.29, 1.82) is 0 Å². The van der Waals surface area contributed by atoms with Crippen molar-refractivity contribution in [3.8, 4) is 0 Å². The van der Waals surface area contributed by atoms with E-state index in [1.54, 1.807) is 0 Å². The Labute approximate surface area is 85.0 Å². The molecule has 0 aliphatic carbocycles. The lowest BCUT2D eigenvalue weighted by molar-refractivity contribution is 0.00744. The van der Waals surface area contributed by atoms with Crippen LogP contribution in [0.25, 0.3) is 0 Å². The fourth-order valence-electron chi connectivity index (χ4n) is 1.68. The van der Waals surface area contributed by atoms with Crippen molar-refractivity contribution in [2.45, 2.75) is 32.7 Å². The number of carbonyl (C=O) groups is 1. The van der Waals surface area contributed by atoms with Crippen LogP contribution in [-0.2, 0) is 9.47 Å². The summed E-state index contributed by atoms with van der Waals surface area (Å²) in [6, 6.07) is 0.124. The van der Waals surface area contributed by atoms with E-state index in [-0.39, 0.29) is 17.6 Å². The Morgan fingerprint density at radius 2 is 2.07 bits per heavy atom. The second kappa shape index (κ2) is 4.64. The Morgan fingerprint density at radius 3 is 2.57 bits per heavy atom. The molecule has 1 rings (SSSR count). The quantitative estimate of drug-likeness (QED) is 0.737. The van der Waals surface area contributed by atoms with Crippen molar-refractivity contribution in [3.63, 3.8) is 0 Å². The fraction of sp³-hybridized carbons (Fsp3) is 0.900. The summed E-state index contributed by atoms with van der Waals surface area (Å²) in [6.45, 7) is 5.76. The number of alkyl carbamates (subject to hydrolysis) is 1. The minimum atomic E-state index is -0.356. The van der Waals surface area contributed by atoms with Crippen LogP contribution in [0.3, 0.4) is 0 Å². The molecule has 1 unspecified atom stereocenters. The summed E-state index contributed by atoms with van der Waals surface area (Å²) >= 11 is 0. The molecule has 0 spiro atoms. The number of amides is 1. The summed E-state index contributed by atoms with van der Waals surface area (Å²) in [7, 11) is 1.38. The highest BCUT2D eigenvalue weighted by Gasteiger charge is 2.34. The summed E-state index contributed by atoms with van der Waals surface area (Å²) in [6.07, 6.45) is 1.61. The summed E-state index contributed by atoms with van der Waals surface area (Å²) in [5, 5.41) is 2.82. The minimum Gasteiger partial charge on any atom is -0.453 e. The molecule has 1 N–H and O–H groups in total. The van der Waals surface area contributed by atoms with Crippen LogP contribution in [0.4, 0.5) is 4.79 Å². The third-order valence-electron chi connectivity index (χ3n) is 3.20. The Morgan fingerprint density at radius 1 is 1.50 bits per heavy atom. The van der Waals surface area contributed by atoms with E-state index in [2.05, 4.69) is 17.0 Å². The summed E-state index contributed by atoms with van der Waals surface area (Å²) in [5.41, 5.74) is 0.131. The molecule has 0 aromatic rings. The fourth-order valence-corrected chi connectivity index (χ4v) is 1.68. The molecule has 4 nitrogen and oxygen atoms in total. The maximum absolute atomic E-state index is 11.0. The van der Waals surface area contributed by atoms with Gasteiger partial charge in [-0.1, -0.05) is 6.92 Å². The van der Waals surface area contributed by atoms with Crippen LogP contribution in [0.5, 0.6) is 0 Å². The summed E-state index contributed by atoms with van der Waals surface area (Å²) in [5.74, 6) is 0. The van der Waals surface area contributed by atoms with E-state index >= 15 is 0 Å². The van der Waals surface area contributed by atoms with Crippen molar-refractivity contribution in [1.82, 2.24) is 5.32 Å². The lowest BCUT2D eigenvalue weighted by atomic mass is 9.76. The van der Waals surface area contributed by atoms with Gasteiger partial charge in [-0.3, -0.25) is 0 Å². The van der Waals surface area contributed by atoms with Gasteiger partial charge in [0.1, 0.15) is 0 Å². The topological polar surface area (TPSA) is 47.6 Å². The second-order valence-corrected chi connectivity index (χ2v) is 4.12. The normalized spacial score (nSPS) is 22.5. The number of ether oxygens (including phenoxy) is 2. The average molecular weight is 201 g/mol. The molecule has 1 aliphatic heterocycles. The van der Waals surface area contributed by atoms with Crippen LogP contribution < -0.4 is 5.32 Å². The van der Waals surface area contributed by atoms with Gasteiger partial charge < -0.3 is 14.8 Å². The van der Waals surface area contributed by atoms with Gasteiger partial charge in [0, 0.05) is 19.3 Å². The van der Waals surface area contributed by atoms with Gasteiger partial charge in [0.25, 0.3) is 0 Å². The molecule has 0 bridgehead atoms. The molecular weight excluding hydrogens is 182 g/mol. The monoisotopic (exact) mass is 201 g/mol. The van der Waals surface area contributed by atoms with Crippen molar-refractivity contribution < 1.29 is 14.3 Å². The SMILES string of the molecule is COC(=O)NC(C)C1(C)CCOCC1. The Balaban J connectivity index is 2.48. The molecule has 1 atom stereocenters. The predicted molar refractivity (Wildman–Crippen MR) is 53.2 cm³/mol. The van der Waals surface area contributed by atoms with Gasteiger partial charge in [0.2, 0.25) is 0 Å². The Hall–Kier alpha value is -0.770. The van der Waals surface area contributed by atoms with E-state index in [0.717, 1.165) is 26.1 Å². The molecule has 82 valence electrons. The molecule has 14 heavy (non-hydrogen) atoms. The number of carbonyl (C=O) groups excluding carboxylic acids is 1. The molecule has 4 heteroatoms. The zero-order valence-electron chi connectivity index (χ0n) is 9.13. The van der Waals surface area contributed by atoms with E-state index < -0.39 is 0 Å². The Bertz CT molecular complexity index is 200. The molecule has 1 saturated heterocycles. The van der Waals surface area contributed by atoms with Crippen molar-refractivity contribution in [2.24, 2.45) is 5.41 Å². The van der Waals surface area contributed by atoms with Crippen LogP contribution in [0.15, 0.2) is 0 Å². The molecule has 1 heterocycles. The predicted octanol–water partition coefficient (Wildman–Crippen LogP) is 1.55. The van der Waals surface area contributed by atoms with Crippen LogP contribution in [0.1, 0.15) is 26.7 Å². The maximum Gasteiger partial charge on any atom is 0.407 e. The van der Waals surface area contributed by atoms with Gasteiger partial charge in [-0.05, 0) is 25.2 Å². The maximum atomic E-state index is 11.0. The largest absolute Gasteiger partial charge is 0.453 e. The zero-order chi connectivity index (χ0) is 10.6. The number of hydrogen-bond acceptors (Lipinski definition) is 3. The van der Waals surface area contributed by atoms with E-state index in [9.17, 15) is 4.79 Å². The molecule has 0 aromatic heterocycles. The molecular formula is C10H19NO3. The van der Waals surface area contributed by atoms with Gasteiger partial charge >= 0.3 is 6.09 Å². The standard InChI is InChI=1S/C10H19NO3/c1-8(11-9(12)13-3)10(2)4-6-14-7-5-10/h8H,4-7H2,1-3H3,(H,11,12). The van der Waals surface area contributed by atoms with Gasteiger partial charge in [0.15, 0.2) is 0 Å². The molecule has 1 fully saturated rings. The summed E-state index contributed by atoms with van der Waals surface area (Å²) < 4.78 is 9.88. The van der Waals surface area contributed by atoms with Crippen molar-refractivity contribution in [2.75, 3.05) is 20.3 Å². The Kier molecular flexibility index (Phi) is 3.75. The van der Waals surface area contributed by atoms with Gasteiger partial charge in [-0.25, -0.2) is 4.79 Å². The highest BCUT2D eigenvalue weighted by atomic mass is 16.5. The molecule has 0 aromatic carbocycles. The lowest BCUT2D eigenvalue weighted by Gasteiger charge is -2.38. The second-order valence-electron chi connectivity index (χ2n) is 4.12. The van der Waals surface area contributed by atoms with Gasteiger partial charge in [0.05, 0.1) is 7.11 Å². The van der Waals surface area contributed by atoms with E-state index in [0.29, 0.717) is 0 Å².